The molecule has 4 nitrogen and oxygen atoms in total. The van der Waals surface area contributed by atoms with Crippen LogP contribution in [0.15, 0.2) is 24.3 Å². The van der Waals surface area contributed by atoms with Gasteiger partial charge in [0.2, 0.25) is 5.91 Å². The number of benzene rings is 1. The molecular weight excluding hydrogens is 240 g/mol. The van der Waals surface area contributed by atoms with Gasteiger partial charge in [0.1, 0.15) is 5.75 Å². The summed E-state index contributed by atoms with van der Waals surface area (Å²) < 4.78 is 5.18. The van der Waals surface area contributed by atoms with Crippen molar-refractivity contribution in [3.8, 4) is 5.75 Å². The molecule has 0 bridgehead atoms. The molecule has 2 rings (SSSR count). The molecule has 1 aromatic carbocycles. The Morgan fingerprint density at radius 1 is 1.42 bits per heavy atom. The van der Waals surface area contributed by atoms with Crippen molar-refractivity contribution in [2.45, 2.75) is 37.6 Å². The highest BCUT2D eigenvalue weighted by Gasteiger charge is 2.32. The van der Waals surface area contributed by atoms with Gasteiger partial charge in [-0.05, 0) is 25.0 Å². The summed E-state index contributed by atoms with van der Waals surface area (Å²) in [5.41, 5.74) is 6.80. The second kappa shape index (κ2) is 5.61. The van der Waals surface area contributed by atoms with Crippen molar-refractivity contribution in [1.29, 1.82) is 0 Å². The zero-order valence-corrected chi connectivity index (χ0v) is 11.7. The van der Waals surface area contributed by atoms with E-state index in [1.807, 2.05) is 24.3 Å². The lowest BCUT2D eigenvalue weighted by molar-refractivity contribution is -0.119. The van der Waals surface area contributed by atoms with Gasteiger partial charge in [-0.1, -0.05) is 18.9 Å². The number of methoxy groups -OCH3 is 1. The summed E-state index contributed by atoms with van der Waals surface area (Å²) in [6.07, 6.45) is 4.58. The predicted octanol–water partition coefficient (Wildman–Crippen LogP) is 2.32. The van der Waals surface area contributed by atoms with E-state index in [0.29, 0.717) is 6.42 Å². The van der Waals surface area contributed by atoms with Gasteiger partial charge in [0.25, 0.3) is 0 Å². The maximum absolute atomic E-state index is 12.3. The number of ether oxygens (including phenoxy) is 1. The van der Waals surface area contributed by atoms with E-state index in [4.69, 9.17) is 10.5 Å². The summed E-state index contributed by atoms with van der Waals surface area (Å²) in [6.45, 7) is 0. The minimum atomic E-state index is -0.301. The molecule has 1 aliphatic carbocycles. The number of amides is 1. The maximum Gasteiger partial charge on any atom is 0.228 e. The second-order valence-corrected chi connectivity index (χ2v) is 5.40. The normalized spacial score (nSPS) is 17.2. The first-order chi connectivity index (χ1) is 9.04. The lowest BCUT2D eigenvalue weighted by Gasteiger charge is -2.26. The Bertz CT molecular complexity index is 453. The molecule has 19 heavy (non-hydrogen) atoms. The molecular formula is C15H22N2O2. The fraction of sp³-hybridized carbons (Fsp3) is 0.533. The van der Waals surface area contributed by atoms with Crippen LogP contribution in [-0.4, -0.2) is 25.6 Å². The zero-order valence-electron chi connectivity index (χ0n) is 11.7. The Morgan fingerprint density at radius 2 is 2.11 bits per heavy atom. The Labute approximate surface area is 114 Å². The van der Waals surface area contributed by atoms with Crippen LogP contribution < -0.4 is 15.4 Å². The van der Waals surface area contributed by atoms with E-state index in [0.717, 1.165) is 37.1 Å². The van der Waals surface area contributed by atoms with Crippen LogP contribution in [0.1, 0.15) is 32.1 Å². The summed E-state index contributed by atoms with van der Waals surface area (Å²) in [5.74, 6) is 0.818. The highest BCUT2D eigenvalue weighted by Crippen LogP contribution is 2.31. The molecule has 1 aliphatic rings. The van der Waals surface area contributed by atoms with Gasteiger partial charge >= 0.3 is 0 Å². The average Bonchev–Trinajstić information content (AvgIpc) is 2.84. The smallest absolute Gasteiger partial charge is 0.228 e. The molecule has 0 aromatic heterocycles. The highest BCUT2D eigenvalue weighted by molar-refractivity contribution is 5.93. The number of carbonyl (C=O) groups excluding carboxylic acids is 1. The quantitative estimate of drug-likeness (QED) is 0.906. The van der Waals surface area contributed by atoms with E-state index < -0.39 is 0 Å². The summed E-state index contributed by atoms with van der Waals surface area (Å²) in [5, 5.41) is 0. The first-order valence-corrected chi connectivity index (χ1v) is 6.74. The summed E-state index contributed by atoms with van der Waals surface area (Å²) in [4.78, 5) is 14.0. The third-order valence-corrected chi connectivity index (χ3v) is 3.92. The van der Waals surface area contributed by atoms with Crippen molar-refractivity contribution < 1.29 is 9.53 Å². The molecule has 0 unspecified atom stereocenters. The summed E-state index contributed by atoms with van der Waals surface area (Å²) >= 11 is 0. The maximum atomic E-state index is 12.3. The molecule has 0 saturated heterocycles. The van der Waals surface area contributed by atoms with Crippen molar-refractivity contribution in [3.63, 3.8) is 0 Å². The van der Waals surface area contributed by atoms with Crippen LogP contribution in [0.5, 0.6) is 5.75 Å². The topological polar surface area (TPSA) is 55.6 Å². The summed E-state index contributed by atoms with van der Waals surface area (Å²) in [7, 11) is 3.41. The Kier molecular flexibility index (Phi) is 4.10. The van der Waals surface area contributed by atoms with Crippen molar-refractivity contribution in [3.05, 3.63) is 24.3 Å². The second-order valence-electron chi connectivity index (χ2n) is 5.40. The first kappa shape index (κ1) is 13.9. The van der Waals surface area contributed by atoms with Crippen molar-refractivity contribution in [2.24, 2.45) is 5.73 Å². The van der Waals surface area contributed by atoms with E-state index in [2.05, 4.69) is 0 Å². The molecule has 0 aliphatic heterocycles. The van der Waals surface area contributed by atoms with Gasteiger partial charge in [0.05, 0.1) is 7.11 Å². The van der Waals surface area contributed by atoms with Crippen molar-refractivity contribution in [2.75, 3.05) is 19.1 Å². The molecule has 1 aromatic rings. The van der Waals surface area contributed by atoms with E-state index in [1.165, 1.54) is 0 Å². The van der Waals surface area contributed by atoms with Crippen LogP contribution in [0.3, 0.4) is 0 Å². The fourth-order valence-electron chi connectivity index (χ4n) is 2.64. The van der Waals surface area contributed by atoms with Crippen LogP contribution >= 0.6 is 0 Å². The third-order valence-electron chi connectivity index (χ3n) is 3.92. The number of carbonyl (C=O) groups is 1. The SMILES string of the molecule is COc1cccc(N(C)C(=O)CC2(N)CCCC2)c1. The van der Waals surface area contributed by atoms with Crippen LogP contribution in [-0.2, 0) is 4.79 Å². The van der Waals surface area contributed by atoms with Gasteiger partial charge in [0.15, 0.2) is 0 Å². The molecule has 104 valence electrons. The number of nitrogens with zero attached hydrogens (tertiary/aromatic N) is 1. The van der Waals surface area contributed by atoms with E-state index in [-0.39, 0.29) is 11.4 Å². The number of hydrogen-bond acceptors (Lipinski definition) is 3. The molecule has 0 radical (unpaired) electrons. The monoisotopic (exact) mass is 262 g/mol. The molecule has 0 atom stereocenters. The van der Waals surface area contributed by atoms with Crippen LogP contribution in [0.25, 0.3) is 0 Å². The van der Waals surface area contributed by atoms with Gasteiger partial charge < -0.3 is 15.4 Å². The first-order valence-electron chi connectivity index (χ1n) is 6.74. The standard InChI is InChI=1S/C15H22N2O2/c1-17(12-6-5-7-13(10-12)19-2)14(18)11-15(16)8-3-4-9-15/h5-7,10H,3-4,8-9,11,16H2,1-2H3. The largest absolute Gasteiger partial charge is 0.497 e. The highest BCUT2D eigenvalue weighted by atomic mass is 16.5. The average molecular weight is 262 g/mol. The number of nitrogens with two attached hydrogens (primary N) is 1. The van der Waals surface area contributed by atoms with Gasteiger partial charge in [-0.2, -0.15) is 0 Å². The van der Waals surface area contributed by atoms with E-state index in [1.54, 1.807) is 19.1 Å². The lowest BCUT2D eigenvalue weighted by Crippen LogP contribution is -2.42. The van der Waals surface area contributed by atoms with Gasteiger partial charge in [-0.3, -0.25) is 4.79 Å². The number of hydrogen-bond donors (Lipinski definition) is 1. The Hall–Kier alpha value is -1.55. The van der Waals surface area contributed by atoms with Crippen molar-refractivity contribution >= 4 is 11.6 Å². The van der Waals surface area contributed by atoms with Gasteiger partial charge in [-0.25, -0.2) is 0 Å². The molecule has 0 spiro atoms. The van der Waals surface area contributed by atoms with Gasteiger partial charge in [-0.15, -0.1) is 0 Å². The zero-order chi connectivity index (χ0) is 13.9. The molecule has 1 saturated carbocycles. The molecule has 1 fully saturated rings. The molecule has 2 N–H and O–H groups in total. The van der Waals surface area contributed by atoms with Crippen LogP contribution in [0.2, 0.25) is 0 Å². The van der Waals surface area contributed by atoms with E-state index in [9.17, 15) is 4.79 Å². The molecule has 0 heterocycles. The van der Waals surface area contributed by atoms with Crippen molar-refractivity contribution in [1.82, 2.24) is 0 Å². The predicted molar refractivity (Wildman–Crippen MR) is 76.4 cm³/mol. The molecule has 4 heteroatoms. The minimum Gasteiger partial charge on any atom is -0.497 e. The number of anilines is 1. The van der Waals surface area contributed by atoms with E-state index >= 15 is 0 Å². The third kappa shape index (κ3) is 3.26. The lowest BCUT2D eigenvalue weighted by atomic mass is 9.94. The number of rotatable bonds is 4. The fourth-order valence-corrected chi connectivity index (χ4v) is 2.64. The summed E-state index contributed by atoms with van der Waals surface area (Å²) in [6, 6.07) is 7.50. The van der Waals surface area contributed by atoms with Gasteiger partial charge in [0, 0.05) is 30.8 Å². The molecule has 1 amide bonds. The van der Waals surface area contributed by atoms with Crippen LogP contribution in [0.4, 0.5) is 5.69 Å². The Morgan fingerprint density at radius 3 is 2.74 bits per heavy atom. The minimum absolute atomic E-state index is 0.0673. The van der Waals surface area contributed by atoms with Crippen LogP contribution in [0, 0.1) is 0 Å². The Balaban J connectivity index is 2.05.